The van der Waals surface area contributed by atoms with Crippen molar-refractivity contribution in [3.05, 3.63) is 23.3 Å². The van der Waals surface area contributed by atoms with E-state index in [-0.39, 0.29) is 0 Å². The first kappa shape index (κ1) is 10.6. The molecule has 0 radical (unpaired) electrons. The highest BCUT2D eigenvalue weighted by molar-refractivity contribution is 5.26. The SMILES string of the molecule is CNC1CC(C)(C)Cc2cnc(C)nc21. The fraction of sp³-hybridized carbons (Fsp3) is 0.667. The van der Waals surface area contributed by atoms with Crippen LogP contribution in [-0.4, -0.2) is 17.0 Å². The van der Waals surface area contributed by atoms with Gasteiger partial charge in [-0.3, -0.25) is 0 Å². The van der Waals surface area contributed by atoms with E-state index in [0.717, 1.165) is 18.7 Å². The van der Waals surface area contributed by atoms with Gasteiger partial charge in [-0.05, 0) is 37.8 Å². The van der Waals surface area contributed by atoms with Crippen LogP contribution >= 0.6 is 0 Å². The Morgan fingerprint density at radius 1 is 1.47 bits per heavy atom. The predicted octanol–water partition coefficient (Wildman–Crippen LogP) is 2.02. The molecule has 0 aromatic carbocycles. The second-order valence-corrected chi connectivity index (χ2v) is 5.21. The summed E-state index contributed by atoms with van der Waals surface area (Å²) in [5.41, 5.74) is 2.85. The molecular weight excluding hydrogens is 186 g/mol. The van der Waals surface area contributed by atoms with E-state index in [1.165, 1.54) is 11.3 Å². The normalized spacial score (nSPS) is 23.6. The fourth-order valence-electron chi connectivity index (χ4n) is 2.43. The Labute approximate surface area is 91.3 Å². The number of nitrogens with one attached hydrogen (secondary N) is 1. The van der Waals surface area contributed by atoms with E-state index in [1.807, 2.05) is 20.2 Å². The smallest absolute Gasteiger partial charge is 0.125 e. The van der Waals surface area contributed by atoms with Gasteiger partial charge in [0, 0.05) is 6.20 Å². The van der Waals surface area contributed by atoms with Crippen molar-refractivity contribution in [1.29, 1.82) is 0 Å². The van der Waals surface area contributed by atoms with Crippen molar-refractivity contribution in [3.63, 3.8) is 0 Å². The van der Waals surface area contributed by atoms with Crippen molar-refractivity contribution in [2.45, 2.75) is 39.7 Å². The molecule has 1 aliphatic carbocycles. The zero-order chi connectivity index (χ0) is 11.1. The largest absolute Gasteiger partial charge is 0.312 e. The molecule has 3 heteroatoms. The molecule has 0 amide bonds. The quantitative estimate of drug-likeness (QED) is 0.762. The van der Waals surface area contributed by atoms with Crippen LogP contribution in [0.3, 0.4) is 0 Å². The van der Waals surface area contributed by atoms with Gasteiger partial charge in [0.15, 0.2) is 0 Å². The highest BCUT2D eigenvalue weighted by Crippen LogP contribution is 2.39. The van der Waals surface area contributed by atoms with Crippen LogP contribution in [0.4, 0.5) is 0 Å². The molecule has 0 spiro atoms. The Bertz CT molecular complexity index is 371. The standard InChI is InChI=1S/C12H19N3/c1-8-14-7-9-5-12(2,3)6-10(13-4)11(9)15-8/h7,10,13H,5-6H2,1-4H3. The summed E-state index contributed by atoms with van der Waals surface area (Å²) in [6.45, 7) is 6.56. The van der Waals surface area contributed by atoms with E-state index in [4.69, 9.17) is 0 Å². The van der Waals surface area contributed by atoms with Crippen LogP contribution in [-0.2, 0) is 6.42 Å². The number of aryl methyl sites for hydroxylation is 1. The highest BCUT2D eigenvalue weighted by atomic mass is 15.0. The minimum atomic E-state index is 0.347. The molecular formula is C12H19N3. The minimum Gasteiger partial charge on any atom is -0.312 e. The number of nitrogens with zero attached hydrogens (tertiary/aromatic N) is 2. The Morgan fingerprint density at radius 3 is 2.87 bits per heavy atom. The third-order valence-corrected chi connectivity index (χ3v) is 3.12. The monoisotopic (exact) mass is 205 g/mol. The molecule has 2 rings (SSSR count). The third-order valence-electron chi connectivity index (χ3n) is 3.12. The van der Waals surface area contributed by atoms with Crippen LogP contribution in [0.2, 0.25) is 0 Å². The molecule has 1 unspecified atom stereocenters. The maximum Gasteiger partial charge on any atom is 0.125 e. The molecule has 3 nitrogen and oxygen atoms in total. The Hall–Kier alpha value is -0.960. The molecule has 1 heterocycles. The summed E-state index contributed by atoms with van der Waals surface area (Å²) < 4.78 is 0. The molecule has 1 atom stereocenters. The van der Waals surface area contributed by atoms with Crippen molar-refractivity contribution < 1.29 is 0 Å². The molecule has 0 saturated carbocycles. The molecule has 0 fully saturated rings. The Balaban J connectivity index is 2.44. The van der Waals surface area contributed by atoms with E-state index in [9.17, 15) is 0 Å². The van der Waals surface area contributed by atoms with Crippen LogP contribution < -0.4 is 5.32 Å². The topological polar surface area (TPSA) is 37.8 Å². The average molecular weight is 205 g/mol. The van der Waals surface area contributed by atoms with Gasteiger partial charge in [0.2, 0.25) is 0 Å². The molecule has 0 saturated heterocycles. The second-order valence-electron chi connectivity index (χ2n) is 5.21. The van der Waals surface area contributed by atoms with Crippen molar-refractivity contribution >= 4 is 0 Å². The summed E-state index contributed by atoms with van der Waals surface area (Å²) in [5.74, 6) is 0.869. The predicted molar refractivity (Wildman–Crippen MR) is 60.7 cm³/mol. The lowest BCUT2D eigenvalue weighted by atomic mass is 9.74. The lowest BCUT2D eigenvalue weighted by molar-refractivity contribution is 0.259. The van der Waals surface area contributed by atoms with E-state index in [0.29, 0.717) is 11.5 Å². The highest BCUT2D eigenvalue weighted by Gasteiger charge is 2.32. The zero-order valence-electron chi connectivity index (χ0n) is 9.96. The van der Waals surface area contributed by atoms with Crippen LogP contribution in [0.25, 0.3) is 0 Å². The Morgan fingerprint density at radius 2 is 2.20 bits per heavy atom. The maximum absolute atomic E-state index is 4.56. The molecule has 1 N–H and O–H groups in total. The molecule has 15 heavy (non-hydrogen) atoms. The van der Waals surface area contributed by atoms with Gasteiger partial charge in [-0.25, -0.2) is 9.97 Å². The number of hydrogen-bond acceptors (Lipinski definition) is 3. The summed E-state index contributed by atoms with van der Waals surface area (Å²) in [5, 5.41) is 3.35. The van der Waals surface area contributed by atoms with Crippen molar-refractivity contribution in [3.8, 4) is 0 Å². The van der Waals surface area contributed by atoms with Gasteiger partial charge in [0.25, 0.3) is 0 Å². The van der Waals surface area contributed by atoms with Gasteiger partial charge in [-0.1, -0.05) is 13.8 Å². The number of aromatic nitrogens is 2. The van der Waals surface area contributed by atoms with Gasteiger partial charge in [0.05, 0.1) is 11.7 Å². The molecule has 1 aliphatic rings. The summed E-state index contributed by atoms with van der Waals surface area (Å²) in [6, 6.07) is 0.380. The van der Waals surface area contributed by atoms with Crippen LogP contribution in [0.15, 0.2) is 6.20 Å². The van der Waals surface area contributed by atoms with E-state index >= 15 is 0 Å². The summed E-state index contributed by atoms with van der Waals surface area (Å²) in [7, 11) is 2.01. The van der Waals surface area contributed by atoms with Gasteiger partial charge >= 0.3 is 0 Å². The first-order chi connectivity index (χ1) is 7.02. The van der Waals surface area contributed by atoms with Gasteiger partial charge in [-0.2, -0.15) is 0 Å². The van der Waals surface area contributed by atoms with E-state index < -0.39 is 0 Å². The number of hydrogen-bond donors (Lipinski definition) is 1. The number of rotatable bonds is 1. The minimum absolute atomic E-state index is 0.347. The summed E-state index contributed by atoms with van der Waals surface area (Å²) in [4.78, 5) is 8.85. The maximum atomic E-state index is 4.56. The Kier molecular flexibility index (Phi) is 2.51. The molecule has 1 aromatic heterocycles. The first-order valence-electron chi connectivity index (χ1n) is 5.51. The van der Waals surface area contributed by atoms with Crippen molar-refractivity contribution in [2.24, 2.45) is 5.41 Å². The zero-order valence-corrected chi connectivity index (χ0v) is 9.96. The van der Waals surface area contributed by atoms with Gasteiger partial charge in [0.1, 0.15) is 5.82 Å². The van der Waals surface area contributed by atoms with Crippen LogP contribution in [0.5, 0.6) is 0 Å². The van der Waals surface area contributed by atoms with Crippen molar-refractivity contribution in [2.75, 3.05) is 7.05 Å². The first-order valence-corrected chi connectivity index (χ1v) is 5.51. The lowest BCUT2D eigenvalue weighted by Crippen LogP contribution is -2.32. The molecule has 1 aromatic rings. The van der Waals surface area contributed by atoms with Gasteiger partial charge in [-0.15, -0.1) is 0 Å². The molecule has 0 aliphatic heterocycles. The van der Waals surface area contributed by atoms with E-state index in [2.05, 4.69) is 29.1 Å². The average Bonchev–Trinajstić information content (AvgIpc) is 2.16. The van der Waals surface area contributed by atoms with Crippen LogP contribution in [0, 0.1) is 12.3 Å². The lowest BCUT2D eigenvalue weighted by Gasteiger charge is -2.35. The number of fused-ring (bicyclic) bond motifs is 1. The van der Waals surface area contributed by atoms with Crippen molar-refractivity contribution in [1.82, 2.24) is 15.3 Å². The molecule has 82 valence electrons. The third kappa shape index (κ3) is 2.02. The summed E-state index contributed by atoms with van der Waals surface area (Å²) in [6.07, 6.45) is 4.22. The van der Waals surface area contributed by atoms with E-state index in [1.54, 1.807) is 0 Å². The fourth-order valence-corrected chi connectivity index (χ4v) is 2.43. The summed E-state index contributed by atoms with van der Waals surface area (Å²) >= 11 is 0. The second kappa shape index (κ2) is 3.56. The molecule has 0 bridgehead atoms. The van der Waals surface area contributed by atoms with Gasteiger partial charge < -0.3 is 5.32 Å². The van der Waals surface area contributed by atoms with Crippen LogP contribution in [0.1, 0.15) is 43.4 Å².